The van der Waals surface area contributed by atoms with Gasteiger partial charge >= 0.3 is 0 Å². The van der Waals surface area contributed by atoms with Crippen LogP contribution in [0.3, 0.4) is 0 Å². The molecule has 0 aromatic heterocycles. The third-order valence-electron chi connectivity index (χ3n) is 2.04. The van der Waals surface area contributed by atoms with Crippen molar-refractivity contribution in [1.82, 2.24) is 0 Å². The number of methoxy groups -OCH3 is 1. The van der Waals surface area contributed by atoms with Gasteiger partial charge < -0.3 is 16.3 Å². The second-order valence-electron chi connectivity index (χ2n) is 3.18. The molecule has 0 saturated carbocycles. The number of rotatable bonds is 2. The van der Waals surface area contributed by atoms with E-state index < -0.39 is 0 Å². The maximum absolute atomic E-state index is 5.65. The maximum atomic E-state index is 5.65. The Labute approximate surface area is 83.5 Å². The molecule has 0 bridgehead atoms. The van der Waals surface area contributed by atoms with Gasteiger partial charge in [-0.3, -0.25) is 0 Å². The van der Waals surface area contributed by atoms with E-state index in [4.69, 9.17) is 16.3 Å². The SMILES string of the molecule is COc1c(C)cc(C)cc1/C(N)=N/N. The van der Waals surface area contributed by atoms with E-state index in [2.05, 4.69) is 5.10 Å². The molecule has 0 aliphatic heterocycles. The molecule has 0 spiro atoms. The summed E-state index contributed by atoms with van der Waals surface area (Å²) in [6.45, 7) is 3.94. The summed E-state index contributed by atoms with van der Waals surface area (Å²) in [7, 11) is 1.60. The molecular formula is C10H15N3O. The van der Waals surface area contributed by atoms with Crippen LogP contribution in [0.15, 0.2) is 17.2 Å². The van der Waals surface area contributed by atoms with Crippen LogP contribution in [0.4, 0.5) is 0 Å². The fraction of sp³-hybridized carbons (Fsp3) is 0.300. The quantitative estimate of drug-likeness (QED) is 0.317. The minimum Gasteiger partial charge on any atom is -0.496 e. The van der Waals surface area contributed by atoms with Crippen molar-refractivity contribution >= 4 is 5.84 Å². The van der Waals surface area contributed by atoms with E-state index in [1.165, 1.54) is 0 Å². The number of hydrazone groups is 1. The Morgan fingerprint density at radius 2 is 2.00 bits per heavy atom. The largest absolute Gasteiger partial charge is 0.496 e. The minimum atomic E-state index is 0.286. The lowest BCUT2D eigenvalue weighted by atomic mass is 10.0. The van der Waals surface area contributed by atoms with Gasteiger partial charge in [-0.05, 0) is 31.0 Å². The molecule has 0 saturated heterocycles. The van der Waals surface area contributed by atoms with Crippen LogP contribution in [-0.2, 0) is 0 Å². The summed E-state index contributed by atoms with van der Waals surface area (Å²) in [5.74, 6) is 6.15. The Morgan fingerprint density at radius 3 is 2.50 bits per heavy atom. The van der Waals surface area contributed by atoms with Gasteiger partial charge in [0.15, 0.2) is 5.84 Å². The monoisotopic (exact) mass is 193 g/mol. The summed E-state index contributed by atoms with van der Waals surface area (Å²) in [6.07, 6.45) is 0. The number of benzene rings is 1. The highest BCUT2D eigenvalue weighted by Gasteiger charge is 2.10. The second-order valence-corrected chi connectivity index (χ2v) is 3.18. The van der Waals surface area contributed by atoms with Crippen LogP contribution < -0.4 is 16.3 Å². The lowest BCUT2D eigenvalue weighted by Gasteiger charge is -2.11. The Kier molecular flexibility index (Phi) is 2.96. The fourth-order valence-electron chi connectivity index (χ4n) is 1.49. The van der Waals surface area contributed by atoms with E-state index in [1.807, 2.05) is 26.0 Å². The molecule has 4 heteroatoms. The molecule has 0 heterocycles. The standard InChI is InChI=1S/C10H15N3O/c1-6-4-7(2)9(14-3)8(5-6)10(11)13-12/h4-5H,12H2,1-3H3,(H2,11,13). The lowest BCUT2D eigenvalue weighted by Crippen LogP contribution is -2.17. The molecule has 14 heavy (non-hydrogen) atoms. The second kappa shape index (κ2) is 4.00. The highest BCUT2D eigenvalue weighted by Crippen LogP contribution is 2.24. The predicted molar refractivity (Wildman–Crippen MR) is 57.4 cm³/mol. The number of aryl methyl sites for hydroxylation is 2. The van der Waals surface area contributed by atoms with Crippen LogP contribution in [0.1, 0.15) is 16.7 Å². The molecule has 0 amide bonds. The van der Waals surface area contributed by atoms with E-state index in [9.17, 15) is 0 Å². The van der Waals surface area contributed by atoms with Gasteiger partial charge in [-0.15, -0.1) is 0 Å². The molecule has 76 valence electrons. The zero-order chi connectivity index (χ0) is 10.7. The number of ether oxygens (including phenoxy) is 1. The maximum Gasteiger partial charge on any atom is 0.154 e. The molecule has 4 N–H and O–H groups in total. The zero-order valence-electron chi connectivity index (χ0n) is 8.66. The third-order valence-corrected chi connectivity index (χ3v) is 2.04. The first-order chi connectivity index (χ1) is 6.60. The van der Waals surface area contributed by atoms with E-state index in [0.29, 0.717) is 0 Å². The van der Waals surface area contributed by atoms with E-state index in [-0.39, 0.29) is 5.84 Å². The normalized spacial score (nSPS) is 11.5. The van der Waals surface area contributed by atoms with Crippen LogP contribution in [-0.4, -0.2) is 12.9 Å². The Hall–Kier alpha value is -1.71. The molecule has 0 radical (unpaired) electrons. The van der Waals surface area contributed by atoms with Crippen molar-refractivity contribution in [2.75, 3.05) is 7.11 Å². The van der Waals surface area contributed by atoms with Crippen molar-refractivity contribution in [2.24, 2.45) is 16.7 Å². The average molecular weight is 193 g/mol. The molecule has 1 aromatic carbocycles. The molecule has 0 fully saturated rings. The number of hydrogen-bond donors (Lipinski definition) is 2. The van der Waals surface area contributed by atoms with Crippen molar-refractivity contribution < 1.29 is 4.74 Å². The molecule has 0 unspecified atom stereocenters. The predicted octanol–water partition coefficient (Wildman–Crippen LogP) is 0.891. The topological polar surface area (TPSA) is 73.6 Å². The number of nitrogens with zero attached hydrogens (tertiary/aromatic N) is 1. The van der Waals surface area contributed by atoms with E-state index in [0.717, 1.165) is 22.4 Å². The van der Waals surface area contributed by atoms with Crippen molar-refractivity contribution in [3.63, 3.8) is 0 Å². The first-order valence-corrected chi connectivity index (χ1v) is 4.29. The van der Waals surface area contributed by atoms with Crippen LogP contribution >= 0.6 is 0 Å². The van der Waals surface area contributed by atoms with Crippen LogP contribution in [0.25, 0.3) is 0 Å². The Balaban J connectivity index is 3.39. The Bertz CT molecular complexity index is 372. The lowest BCUT2D eigenvalue weighted by molar-refractivity contribution is 0.410. The highest BCUT2D eigenvalue weighted by atomic mass is 16.5. The van der Waals surface area contributed by atoms with Crippen LogP contribution in [0.5, 0.6) is 5.75 Å². The summed E-state index contributed by atoms with van der Waals surface area (Å²) in [4.78, 5) is 0. The molecule has 0 atom stereocenters. The van der Waals surface area contributed by atoms with Crippen molar-refractivity contribution in [1.29, 1.82) is 0 Å². The summed E-state index contributed by atoms with van der Waals surface area (Å²) in [5, 5.41) is 3.46. The number of nitrogens with two attached hydrogens (primary N) is 2. The van der Waals surface area contributed by atoms with Gasteiger partial charge in [-0.1, -0.05) is 6.07 Å². The van der Waals surface area contributed by atoms with Gasteiger partial charge in [0.05, 0.1) is 12.7 Å². The van der Waals surface area contributed by atoms with Gasteiger partial charge in [-0.25, -0.2) is 0 Å². The molecular weight excluding hydrogens is 178 g/mol. The number of amidine groups is 1. The summed E-state index contributed by atoms with van der Waals surface area (Å²) in [5.41, 5.74) is 8.52. The summed E-state index contributed by atoms with van der Waals surface area (Å²) >= 11 is 0. The van der Waals surface area contributed by atoms with Gasteiger partial charge in [0.2, 0.25) is 0 Å². The molecule has 0 aliphatic rings. The number of hydrogen-bond acceptors (Lipinski definition) is 3. The van der Waals surface area contributed by atoms with E-state index >= 15 is 0 Å². The van der Waals surface area contributed by atoms with Crippen molar-refractivity contribution in [3.8, 4) is 5.75 Å². The Morgan fingerprint density at radius 1 is 1.36 bits per heavy atom. The third kappa shape index (κ3) is 1.79. The first kappa shape index (κ1) is 10.4. The molecule has 1 rings (SSSR count). The zero-order valence-corrected chi connectivity index (χ0v) is 8.66. The summed E-state index contributed by atoms with van der Waals surface area (Å²) in [6, 6.07) is 3.92. The minimum absolute atomic E-state index is 0.286. The average Bonchev–Trinajstić information content (AvgIpc) is 2.15. The van der Waals surface area contributed by atoms with Gasteiger partial charge in [0.1, 0.15) is 5.75 Å². The fourth-order valence-corrected chi connectivity index (χ4v) is 1.49. The first-order valence-electron chi connectivity index (χ1n) is 4.29. The highest BCUT2D eigenvalue weighted by molar-refractivity contribution is 6.00. The van der Waals surface area contributed by atoms with Gasteiger partial charge in [-0.2, -0.15) is 5.10 Å². The van der Waals surface area contributed by atoms with Crippen molar-refractivity contribution in [2.45, 2.75) is 13.8 Å². The van der Waals surface area contributed by atoms with E-state index in [1.54, 1.807) is 7.11 Å². The van der Waals surface area contributed by atoms with Gasteiger partial charge in [0.25, 0.3) is 0 Å². The van der Waals surface area contributed by atoms with Crippen molar-refractivity contribution in [3.05, 3.63) is 28.8 Å². The van der Waals surface area contributed by atoms with Crippen LogP contribution in [0.2, 0.25) is 0 Å². The van der Waals surface area contributed by atoms with Gasteiger partial charge in [0, 0.05) is 0 Å². The van der Waals surface area contributed by atoms with Crippen LogP contribution in [0, 0.1) is 13.8 Å². The molecule has 4 nitrogen and oxygen atoms in total. The summed E-state index contributed by atoms with van der Waals surface area (Å²) < 4.78 is 5.24. The molecule has 1 aromatic rings. The molecule has 0 aliphatic carbocycles. The smallest absolute Gasteiger partial charge is 0.154 e.